The number of nitrogen functional groups attached to an aromatic ring is 1. The van der Waals surface area contributed by atoms with Crippen molar-refractivity contribution in [3.05, 3.63) is 10.8 Å². The summed E-state index contributed by atoms with van der Waals surface area (Å²) in [5.74, 6) is 1.22. The molecule has 0 aromatic carbocycles. The Balaban J connectivity index is 2.94. The fourth-order valence-corrected chi connectivity index (χ4v) is 1.49. The minimum atomic E-state index is 0.0450. The van der Waals surface area contributed by atoms with Crippen LogP contribution in [0.5, 0.6) is 0 Å². The van der Waals surface area contributed by atoms with Gasteiger partial charge in [-0.15, -0.1) is 0 Å². The van der Waals surface area contributed by atoms with Crippen molar-refractivity contribution in [3.8, 4) is 0 Å². The van der Waals surface area contributed by atoms with Gasteiger partial charge in [0.05, 0.1) is 0 Å². The molecule has 0 aliphatic carbocycles. The van der Waals surface area contributed by atoms with E-state index < -0.39 is 0 Å². The molecule has 0 saturated heterocycles. The largest absolute Gasteiger partial charge is 0.383 e. The maximum Gasteiger partial charge on any atom is 0.146 e. The van der Waals surface area contributed by atoms with Crippen molar-refractivity contribution < 1.29 is 0 Å². The summed E-state index contributed by atoms with van der Waals surface area (Å²) >= 11 is 3.38. The van der Waals surface area contributed by atoms with Gasteiger partial charge in [0.15, 0.2) is 0 Å². The molecule has 1 aromatic rings. The van der Waals surface area contributed by atoms with Crippen molar-refractivity contribution in [1.29, 1.82) is 0 Å². The minimum Gasteiger partial charge on any atom is -0.383 e. The van der Waals surface area contributed by atoms with Crippen molar-refractivity contribution in [1.82, 2.24) is 9.97 Å². The Hall–Kier alpha value is -0.840. The maximum absolute atomic E-state index is 5.68. The lowest BCUT2D eigenvalue weighted by Crippen LogP contribution is -2.33. The van der Waals surface area contributed by atoms with Crippen molar-refractivity contribution in [2.45, 2.75) is 39.2 Å². The van der Waals surface area contributed by atoms with Gasteiger partial charge in [-0.2, -0.15) is 0 Å². The molecule has 0 aliphatic heterocycles. The maximum atomic E-state index is 5.68. The van der Waals surface area contributed by atoms with Crippen LogP contribution in [0, 0.1) is 0 Å². The van der Waals surface area contributed by atoms with E-state index in [2.05, 4.69) is 52.0 Å². The molecule has 0 bridgehead atoms. The molecule has 0 amide bonds. The lowest BCUT2D eigenvalue weighted by atomic mass is 9.96. The van der Waals surface area contributed by atoms with Gasteiger partial charge < -0.3 is 11.1 Å². The van der Waals surface area contributed by atoms with E-state index in [-0.39, 0.29) is 5.54 Å². The molecule has 0 radical (unpaired) electrons. The molecule has 4 nitrogen and oxygen atoms in total. The number of halogens is 1. The van der Waals surface area contributed by atoms with Gasteiger partial charge >= 0.3 is 0 Å². The van der Waals surface area contributed by atoms with E-state index in [1.54, 1.807) is 0 Å². The molecule has 3 N–H and O–H groups in total. The quantitative estimate of drug-likeness (QED) is 0.885. The molecule has 15 heavy (non-hydrogen) atoms. The van der Waals surface area contributed by atoms with Crippen LogP contribution in [0.25, 0.3) is 0 Å². The summed E-state index contributed by atoms with van der Waals surface area (Å²) in [7, 11) is 0. The van der Waals surface area contributed by atoms with Crippen LogP contribution in [0.2, 0.25) is 0 Å². The van der Waals surface area contributed by atoms with Gasteiger partial charge in [-0.05, 0) is 35.7 Å². The normalized spacial score (nSPS) is 11.5. The predicted molar refractivity (Wildman–Crippen MR) is 66.8 cm³/mol. The van der Waals surface area contributed by atoms with Gasteiger partial charge in [-0.25, -0.2) is 9.97 Å². The first kappa shape index (κ1) is 12.2. The average Bonchev–Trinajstić information content (AvgIpc) is 2.25. The highest BCUT2D eigenvalue weighted by atomic mass is 79.9. The van der Waals surface area contributed by atoms with Gasteiger partial charge in [-0.3, -0.25) is 0 Å². The number of anilines is 2. The summed E-state index contributed by atoms with van der Waals surface area (Å²) < 4.78 is 0.734. The molecule has 5 heteroatoms. The fourth-order valence-electron chi connectivity index (χ4n) is 1.18. The van der Waals surface area contributed by atoms with E-state index >= 15 is 0 Å². The zero-order valence-corrected chi connectivity index (χ0v) is 10.9. The second-order valence-electron chi connectivity index (χ2n) is 3.81. The molecule has 84 valence electrons. The number of nitrogens with one attached hydrogen (secondary N) is 1. The fraction of sp³-hybridized carbons (Fsp3) is 0.600. The summed E-state index contributed by atoms with van der Waals surface area (Å²) in [6, 6.07) is 0. The second kappa shape index (κ2) is 4.79. The number of hydrogen-bond donors (Lipinski definition) is 2. The van der Waals surface area contributed by atoms with Crippen molar-refractivity contribution in [3.63, 3.8) is 0 Å². The van der Waals surface area contributed by atoms with Crippen LogP contribution in [0.4, 0.5) is 11.6 Å². The van der Waals surface area contributed by atoms with E-state index in [0.29, 0.717) is 5.82 Å². The molecule has 0 unspecified atom stereocenters. The number of rotatable bonds is 4. The first-order valence-electron chi connectivity index (χ1n) is 5.06. The molecule has 0 aliphatic rings. The number of aromatic nitrogens is 2. The molecule has 1 aromatic heterocycles. The second-order valence-corrected chi connectivity index (χ2v) is 4.61. The van der Waals surface area contributed by atoms with E-state index in [4.69, 9.17) is 5.73 Å². The van der Waals surface area contributed by atoms with Crippen LogP contribution in [0.1, 0.15) is 33.6 Å². The highest BCUT2D eigenvalue weighted by molar-refractivity contribution is 9.10. The van der Waals surface area contributed by atoms with E-state index in [9.17, 15) is 0 Å². The van der Waals surface area contributed by atoms with Gasteiger partial charge in [-0.1, -0.05) is 13.8 Å². The molecule has 0 atom stereocenters. The Kier molecular flexibility index (Phi) is 3.90. The monoisotopic (exact) mass is 272 g/mol. The summed E-state index contributed by atoms with van der Waals surface area (Å²) in [5.41, 5.74) is 5.73. The molecule has 0 fully saturated rings. The molecular weight excluding hydrogens is 256 g/mol. The minimum absolute atomic E-state index is 0.0450. The first-order valence-corrected chi connectivity index (χ1v) is 5.86. The van der Waals surface area contributed by atoms with Crippen molar-refractivity contribution in [2.75, 3.05) is 11.1 Å². The first-order chi connectivity index (χ1) is 7.02. The highest BCUT2D eigenvalue weighted by Gasteiger charge is 2.21. The zero-order valence-electron chi connectivity index (χ0n) is 9.34. The van der Waals surface area contributed by atoms with Crippen LogP contribution < -0.4 is 11.1 Å². The zero-order chi connectivity index (χ0) is 11.5. The lowest BCUT2D eigenvalue weighted by molar-refractivity contribution is 0.476. The van der Waals surface area contributed by atoms with Crippen LogP contribution >= 0.6 is 15.9 Å². The Bertz CT molecular complexity index is 336. The van der Waals surface area contributed by atoms with E-state index in [1.807, 2.05) is 0 Å². The number of hydrogen-bond acceptors (Lipinski definition) is 4. The standard InChI is InChI=1S/C10H17BrN4/c1-4-10(3,5-2)15-9-7(11)8(12)13-6-14-9/h6H,4-5H2,1-3H3,(H3,12,13,14,15). The van der Waals surface area contributed by atoms with Crippen LogP contribution in [-0.2, 0) is 0 Å². The number of nitrogens with zero attached hydrogens (tertiary/aromatic N) is 2. The molecule has 1 rings (SSSR count). The van der Waals surface area contributed by atoms with Gasteiger partial charge in [0.25, 0.3) is 0 Å². The molecule has 0 saturated carbocycles. The molecule has 0 spiro atoms. The van der Waals surface area contributed by atoms with Gasteiger partial charge in [0.2, 0.25) is 0 Å². The molecule has 1 heterocycles. The number of nitrogens with two attached hydrogens (primary N) is 1. The smallest absolute Gasteiger partial charge is 0.146 e. The van der Waals surface area contributed by atoms with E-state index in [1.165, 1.54) is 6.33 Å². The van der Waals surface area contributed by atoms with E-state index in [0.717, 1.165) is 23.1 Å². The van der Waals surface area contributed by atoms with Crippen LogP contribution in [-0.4, -0.2) is 15.5 Å². The van der Waals surface area contributed by atoms with Crippen LogP contribution in [0.15, 0.2) is 10.8 Å². The third kappa shape index (κ3) is 2.81. The third-order valence-corrected chi connectivity index (χ3v) is 3.58. The Morgan fingerprint density at radius 2 is 2.00 bits per heavy atom. The highest BCUT2D eigenvalue weighted by Crippen LogP contribution is 2.28. The van der Waals surface area contributed by atoms with Gasteiger partial charge in [0.1, 0.15) is 22.4 Å². The Morgan fingerprint density at radius 3 is 2.53 bits per heavy atom. The Morgan fingerprint density at radius 1 is 1.40 bits per heavy atom. The average molecular weight is 273 g/mol. The van der Waals surface area contributed by atoms with Gasteiger partial charge in [0, 0.05) is 5.54 Å². The molecular formula is C10H17BrN4. The predicted octanol–water partition coefficient (Wildman–Crippen LogP) is 2.81. The summed E-state index contributed by atoms with van der Waals surface area (Å²) in [4.78, 5) is 8.07. The lowest BCUT2D eigenvalue weighted by Gasteiger charge is -2.29. The van der Waals surface area contributed by atoms with Crippen molar-refractivity contribution >= 4 is 27.6 Å². The summed E-state index contributed by atoms with van der Waals surface area (Å²) in [6.45, 7) is 6.46. The SMILES string of the molecule is CCC(C)(CC)Nc1ncnc(N)c1Br. The topological polar surface area (TPSA) is 63.8 Å². The third-order valence-electron chi connectivity index (χ3n) is 2.80. The summed E-state index contributed by atoms with van der Waals surface area (Å²) in [6.07, 6.45) is 3.52. The van der Waals surface area contributed by atoms with Crippen LogP contribution in [0.3, 0.4) is 0 Å². The Labute approximate surface area is 98.8 Å². The van der Waals surface area contributed by atoms with Crippen molar-refractivity contribution in [2.24, 2.45) is 0 Å². The summed E-state index contributed by atoms with van der Waals surface area (Å²) in [5, 5.41) is 3.39.